The number of fused-ring (bicyclic) bond motifs is 2. The molecule has 27 heavy (non-hydrogen) atoms. The van der Waals surface area contributed by atoms with Crippen molar-refractivity contribution in [1.29, 1.82) is 0 Å². The highest BCUT2D eigenvalue weighted by Gasteiger charge is 2.61. The van der Waals surface area contributed by atoms with Gasteiger partial charge in [0.15, 0.2) is 0 Å². The van der Waals surface area contributed by atoms with Crippen LogP contribution in [0.3, 0.4) is 0 Å². The maximum absolute atomic E-state index is 12.9. The van der Waals surface area contributed by atoms with Crippen molar-refractivity contribution in [2.45, 2.75) is 76.8 Å². The van der Waals surface area contributed by atoms with Crippen LogP contribution in [0.5, 0.6) is 0 Å². The van der Waals surface area contributed by atoms with Gasteiger partial charge in [-0.1, -0.05) is 11.6 Å². The Kier molecular flexibility index (Phi) is 4.20. The van der Waals surface area contributed by atoms with Crippen molar-refractivity contribution in [2.75, 3.05) is 13.1 Å². The van der Waals surface area contributed by atoms with E-state index >= 15 is 0 Å². The van der Waals surface area contributed by atoms with E-state index in [0.717, 1.165) is 62.8 Å². The van der Waals surface area contributed by atoms with Gasteiger partial charge in [-0.2, -0.15) is 0 Å². The van der Waals surface area contributed by atoms with E-state index in [4.69, 9.17) is 0 Å². The Hall–Kier alpha value is -1.92. The van der Waals surface area contributed by atoms with Crippen LogP contribution < -0.4 is 5.32 Å². The molecule has 1 aromatic rings. The lowest BCUT2D eigenvalue weighted by atomic mass is 10.0. The SMILES string of the molecule is O=C(Cn1nnc2c1CCCC2)N(CCNC(=O)[C@@]12CCC[C@@H]1C2)C1CC1. The number of carbonyl (C=O) groups excluding carboxylic acids is 2. The Morgan fingerprint density at radius 1 is 1.19 bits per heavy atom. The van der Waals surface area contributed by atoms with Crippen LogP contribution >= 0.6 is 0 Å². The summed E-state index contributed by atoms with van der Waals surface area (Å²) in [7, 11) is 0. The summed E-state index contributed by atoms with van der Waals surface area (Å²) < 4.78 is 1.80. The number of nitrogens with one attached hydrogen (secondary N) is 1. The van der Waals surface area contributed by atoms with Crippen LogP contribution in [0.25, 0.3) is 0 Å². The predicted molar refractivity (Wildman–Crippen MR) is 98.8 cm³/mol. The average Bonchev–Trinajstić information content (AvgIpc) is 3.57. The normalized spacial score (nSPS) is 28.4. The third kappa shape index (κ3) is 3.15. The van der Waals surface area contributed by atoms with Gasteiger partial charge in [0, 0.05) is 19.1 Å². The number of carbonyl (C=O) groups is 2. The van der Waals surface area contributed by atoms with Crippen LogP contribution in [0, 0.1) is 11.3 Å². The zero-order valence-corrected chi connectivity index (χ0v) is 16.0. The van der Waals surface area contributed by atoms with Gasteiger partial charge in [0.2, 0.25) is 11.8 Å². The Labute approximate surface area is 159 Å². The van der Waals surface area contributed by atoms with Crippen LogP contribution in [0.2, 0.25) is 0 Å². The smallest absolute Gasteiger partial charge is 0.244 e. The quantitative estimate of drug-likeness (QED) is 0.787. The van der Waals surface area contributed by atoms with Crippen molar-refractivity contribution in [1.82, 2.24) is 25.2 Å². The molecule has 1 aromatic heterocycles. The molecule has 0 aromatic carbocycles. The Bertz CT molecular complexity index is 756. The lowest BCUT2D eigenvalue weighted by Gasteiger charge is -2.24. The molecule has 0 unspecified atom stereocenters. The van der Waals surface area contributed by atoms with Gasteiger partial charge in [0.1, 0.15) is 6.54 Å². The fourth-order valence-electron chi connectivity index (χ4n) is 5.25. The van der Waals surface area contributed by atoms with Gasteiger partial charge in [-0.15, -0.1) is 5.10 Å². The number of hydrogen-bond acceptors (Lipinski definition) is 4. The first-order valence-corrected chi connectivity index (χ1v) is 10.7. The molecule has 1 heterocycles. The summed E-state index contributed by atoms with van der Waals surface area (Å²) >= 11 is 0. The third-order valence-electron chi connectivity index (χ3n) is 7.09. The monoisotopic (exact) mass is 371 g/mol. The average molecular weight is 371 g/mol. The zero-order valence-electron chi connectivity index (χ0n) is 16.0. The fourth-order valence-corrected chi connectivity index (χ4v) is 5.25. The summed E-state index contributed by atoms with van der Waals surface area (Å²) in [5.74, 6) is 0.948. The first-order chi connectivity index (χ1) is 13.2. The van der Waals surface area contributed by atoms with E-state index in [0.29, 0.717) is 25.0 Å². The third-order valence-corrected chi connectivity index (χ3v) is 7.09. The second kappa shape index (κ2) is 6.60. The van der Waals surface area contributed by atoms with Crippen molar-refractivity contribution in [2.24, 2.45) is 11.3 Å². The van der Waals surface area contributed by atoms with Crippen LogP contribution in [-0.4, -0.2) is 50.8 Å². The molecule has 4 aliphatic rings. The molecule has 0 saturated heterocycles. The summed E-state index contributed by atoms with van der Waals surface area (Å²) in [5, 5.41) is 11.6. The second-order valence-electron chi connectivity index (χ2n) is 8.87. The van der Waals surface area contributed by atoms with Crippen LogP contribution in [-0.2, 0) is 29.0 Å². The maximum atomic E-state index is 12.9. The molecule has 0 radical (unpaired) electrons. The van der Waals surface area contributed by atoms with Gasteiger partial charge in [0.05, 0.1) is 16.8 Å². The van der Waals surface area contributed by atoms with Crippen molar-refractivity contribution < 1.29 is 9.59 Å². The molecule has 4 aliphatic carbocycles. The maximum Gasteiger partial charge on any atom is 0.244 e. The highest BCUT2D eigenvalue weighted by molar-refractivity contribution is 5.86. The van der Waals surface area contributed by atoms with Gasteiger partial charge in [0.25, 0.3) is 0 Å². The minimum Gasteiger partial charge on any atom is -0.354 e. The Morgan fingerprint density at radius 3 is 2.78 bits per heavy atom. The minimum absolute atomic E-state index is 0.0474. The first-order valence-electron chi connectivity index (χ1n) is 10.7. The molecule has 1 N–H and O–H groups in total. The topological polar surface area (TPSA) is 80.1 Å². The largest absolute Gasteiger partial charge is 0.354 e. The Morgan fingerprint density at radius 2 is 2.04 bits per heavy atom. The zero-order chi connectivity index (χ0) is 18.4. The second-order valence-corrected chi connectivity index (χ2v) is 8.87. The molecular weight excluding hydrogens is 342 g/mol. The molecule has 5 rings (SSSR count). The summed E-state index contributed by atoms with van der Waals surface area (Å²) in [6.45, 7) is 1.44. The molecule has 3 fully saturated rings. The number of amides is 2. The molecule has 2 atom stereocenters. The lowest BCUT2D eigenvalue weighted by molar-refractivity contribution is -0.133. The molecule has 2 amide bonds. The van der Waals surface area contributed by atoms with Crippen molar-refractivity contribution in [3.63, 3.8) is 0 Å². The van der Waals surface area contributed by atoms with Gasteiger partial charge in [-0.3, -0.25) is 9.59 Å². The van der Waals surface area contributed by atoms with Crippen molar-refractivity contribution in [3.8, 4) is 0 Å². The summed E-state index contributed by atoms with van der Waals surface area (Å²) in [5.41, 5.74) is 2.15. The molecule has 0 bridgehead atoms. The number of hydrogen-bond donors (Lipinski definition) is 1. The lowest BCUT2D eigenvalue weighted by Crippen LogP contribution is -2.43. The van der Waals surface area contributed by atoms with Gasteiger partial charge >= 0.3 is 0 Å². The number of rotatable bonds is 7. The highest BCUT2D eigenvalue weighted by atomic mass is 16.2. The van der Waals surface area contributed by atoms with Crippen LogP contribution in [0.15, 0.2) is 0 Å². The van der Waals surface area contributed by atoms with E-state index in [1.807, 2.05) is 4.90 Å². The Balaban J connectivity index is 1.16. The van der Waals surface area contributed by atoms with E-state index in [-0.39, 0.29) is 23.8 Å². The van der Waals surface area contributed by atoms with Gasteiger partial charge in [-0.25, -0.2) is 4.68 Å². The first kappa shape index (κ1) is 17.2. The summed E-state index contributed by atoms with van der Waals surface area (Å²) in [4.78, 5) is 27.4. The van der Waals surface area contributed by atoms with Gasteiger partial charge in [-0.05, 0) is 63.7 Å². The summed E-state index contributed by atoms with van der Waals surface area (Å²) in [6.07, 6.45) is 10.9. The molecule has 0 aliphatic heterocycles. The fraction of sp³-hybridized carbons (Fsp3) is 0.800. The van der Waals surface area contributed by atoms with E-state index in [9.17, 15) is 9.59 Å². The van der Waals surface area contributed by atoms with Crippen molar-refractivity contribution >= 4 is 11.8 Å². The highest BCUT2D eigenvalue weighted by Crippen LogP contribution is 2.63. The minimum atomic E-state index is -0.0474. The predicted octanol–water partition coefficient (Wildman–Crippen LogP) is 1.45. The molecule has 0 spiro atoms. The molecule has 3 saturated carbocycles. The standard InChI is InChI=1S/C20H29N5O2/c26-18(13-25-17-6-2-1-5-16(17)22-23-25)24(15-7-8-15)11-10-21-19(27)20-9-3-4-14(20)12-20/h14-15H,1-13H2,(H,21,27)/t14-,20-/m1/s1. The van der Waals surface area contributed by atoms with E-state index < -0.39 is 0 Å². The van der Waals surface area contributed by atoms with Crippen LogP contribution in [0.4, 0.5) is 0 Å². The molecular formula is C20H29N5O2. The van der Waals surface area contributed by atoms with E-state index in [1.54, 1.807) is 4.68 Å². The molecule has 7 nitrogen and oxygen atoms in total. The van der Waals surface area contributed by atoms with Crippen molar-refractivity contribution in [3.05, 3.63) is 11.4 Å². The molecule has 7 heteroatoms. The molecule has 146 valence electrons. The number of aromatic nitrogens is 3. The van der Waals surface area contributed by atoms with Gasteiger partial charge < -0.3 is 10.2 Å². The number of nitrogens with zero attached hydrogens (tertiary/aromatic N) is 4. The van der Waals surface area contributed by atoms with Crippen LogP contribution in [0.1, 0.15) is 62.8 Å². The van der Waals surface area contributed by atoms with E-state index in [2.05, 4.69) is 15.6 Å². The number of aryl methyl sites for hydroxylation is 1. The van der Waals surface area contributed by atoms with E-state index in [1.165, 1.54) is 12.8 Å². The summed E-state index contributed by atoms with van der Waals surface area (Å²) in [6, 6.07) is 0.340.